The van der Waals surface area contributed by atoms with Crippen LogP contribution in [0.5, 0.6) is 0 Å². The Morgan fingerprint density at radius 1 is 1.00 bits per heavy atom. The highest BCUT2D eigenvalue weighted by Crippen LogP contribution is 2.18. The maximum Gasteiger partial charge on any atom is 0.226 e. The first-order valence-corrected chi connectivity index (χ1v) is 9.08. The van der Waals surface area contributed by atoms with E-state index in [1.54, 1.807) is 13.3 Å². The maximum absolute atomic E-state index is 5.58. The van der Waals surface area contributed by atoms with Gasteiger partial charge in [-0.05, 0) is 49.6 Å². The SMILES string of the molecule is CN=C(NCc1coc(-c2ccccc2)n1)NCc1c(C)cc(C)cc1C. The van der Waals surface area contributed by atoms with Crippen LogP contribution < -0.4 is 10.6 Å². The van der Waals surface area contributed by atoms with Crippen LogP contribution in [0.25, 0.3) is 11.5 Å². The van der Waals surface area contributed by atoms with E-state index in [1.165, 1.54) is 22.3 Å². The predicted molar refractivity (Wildman–Crippen MR) is 110 cm³/mol. The largest absolute Gasteiger partial charge is 0.444 e. The number of aliphatic imine (C=N–C) groups is 1. The number of benzene rings is 2. The maximum atomic E-state index is 5.58. The fourth-order valence-corrected chi connectivity index (χ4v) is 3.16. The molecule has 27 heavy (non-hydrogen) atoms. The highest BCUT2D eigenvalue weighted by atomic mass is 16.3. The summed E-state index contributed by atoms with van der Waals surface area (Å²) in [6.07, 6.45) is 1.68. The lowest BCUT2D eigenvalue weighted by Gasteiger charge is -2.15. The van der Waals surface area contributed by atoms with Crippen LogP contribution in [0.4, 0.5) is 0 Å². The van der Waals surface area contributed by atoms with E-state index in [4.69, 9.17) is 4.42 Å². The molecule has 0 atom stereocenters. The van der Waals surface area contributed by atoms with E-state index in [2.05, 4.69) is 53.5 Å². The summed E-state index contributed by atoms with van der Waals surface area (Å²) < 4.78 is 5.58. The van der Waals surface area contributed by atoms with Crippen molar-refractivity contribution < 1.29 is 4.42 Å². The first-order valence-electron chi connectivity index (χ1n) is 9.08. The monoisotopic (exact) mass is 362 g/mol. The normalized spacial score (nSPS) is 11.5. The second kappa shape index (κ2) is 8.54. The first-order chi connectivity index (χ1) is 13.1. The number of oxazole rings is 1. The Labute approximate surface area is 160 Å². The topological polar surface area (TPSA) is 62.5 Å². The fourth-order valence-electron chi connectivity index (χ4n) is 3.16. The predicted octanol–water partition coefficient (Wildman–Crippen LogP) is 4.13. The Morgan fingerprint density at radius 3 is 2.33 bits per heavy atom. The summed E-state index contributed by atoms with van der Waals surface area (Å²) in [5.41, 5.74) is 6.97. The summed E-state index contributed by atoms with van der Waals surface area (Å²) in [5, 5.41) is 6.66. The molecule has 0 radical (unpaired) electrons. The van der Waals surface area contributed by atoms with E-state index < -0.39 is 0 Å². The van der Waals surface area contributed by atoms with Gasteiger partial charge in [0.2, 0.25) is 5.89 Å². The van der Waals surface area contributed by atoms with Crippen molar-refractivity contribution in [2.75, 3.05) is 7.05 Å². The molecule has 2 N–H and O–H groups in total. The third-order valence-corrected chi connectivity index (χ3v) is 4.51. The van der Waals surface area contributed by atoms with E-state index in [1.807, 2.05) is 30.3 Å². The Morgan fingerprint density at radius 2 is 1.67 bits per heavy atom. The van der Waals surface area contributed by atoms with Crippen molar-refractivity contribution in [1.82, 2.24) is 15.6 Å². The van der Waals surface area contributed by atoms with Crippen LogP contribution in [-0.4, -0.2) is 18.0 Å². The molecule has 0 aliphatic heterocycles. The molecule has 1 aromatic heterocycles. The van der Waals surface area contributed by atoms with Crippen LogP contribution in [0, 0.1) is 20.8 Å². The second-order valence-corrected chi connectivity index (χ2v) is 6.67. The summed E-state index contributed by atoms with van der Waals surface area (Å²) in [6, 6.07) is 14.3. The van der Waals surface area contributed by atoms with Crippen LogP contribution >= 0.6 is 0 Å². The lowest BCUT2D eigenvalue weighted by molar-refractivity contribution is 0.572. The molecule has 140 valence electrons. The van der Waals surface area contributed by atoms with Gasteiger partial charge in [0, 0.05) is 19.2 Å². The van der Waals surface area contributed by atoms with Crippen molar-refractivity contribution in [1.29, 1.82) is 0 Å². The number of rotatable bonds is 5. The molecule has 0 fully saturated rings. The number of nitrogens with one attached hydrogen (secondary N) is 2. The minimum atomic E-state index is 0.544. The number of nitrogens with zero attached hydrogens (tertiary/aromatic N) is 2. The molecular formula is C22H26N4O. The van der Waals surface area contributed by atoms with Gasteiger partial charge in [0.15, 0.2) is 5.96 Å². The number of aryl methyl sites for hydroxylation is 3. The molecule has 0 saturated heterocycles. The Bertz CT molecular complexity index is 905. The van der Waals surface area contributed by atoms with Crippen molar-refractivity contribution in [3.63, 3.8) is 0 Å². The molecule has 2 aromatic carbocycles. The number of hydrogen-bond donors (Lipinski definition) is 2. The van der Waals surface area contributed by atoms with Crippen molar-refractivity contribution >= 4 is 5.96 Å². The molecule has 0 unspecified atom stereocenters. The third-order valence-electron chi connectivity index (χ3n) is 4.51. The fraction of sp³-hybridized carbons (Fsp3) is 0.273. The summed E-state index contributed by atoms with van der Waals surface area (Å²) in [7, 11) is 1.77. The lowest BCUT2D eigenvalue weighted by Crippen LogP contribution is -2.36. The van der Waals surface area contributed by atoms with E-state index in [0.29, 0.717) is 12.4 Å². The van der Waals surface area contributed by atoms with Gasteiger partial charge in [-0.15, -0.1) is 0 Å². The molecule has 0 spiro atoms. The summed E-state index contributed by atoms with van der Waals surface area (Å²) in [4.78, 5) is 8.83. The average Bonchev–Trinajstić information content (AvgIpc) is 3.13. The van der Waals surface area contributed by atoms with E-state index >= 15 is 0 Å². The van der Waals surface area contributed by atoms with Crippen molar-refractivity contribution in [2.45, 2.75) is 33.9 Å². The van der Waals surface area contributed by atoms with Crippen LogP contribution in [0.15, 0.2) is 58.1 Å². The van der Waals surface area contributed by atoms with Gasteiger partial charge < -0.3 is 15.1 Å². The van der Waals surface area contributed by atoms with Gasteiger partial charge in [-0.2, -0.15) is 0 Å². The average molecular weight is 362 g/mol. The van der Waals surface area contributed by atoms with Gasteiger partial charge in [0.25, 0.3) is 0 Å². The lowest BCUT2D eigenvalue weighted by atomic mass is 10.00. The first kappa shape index (κ1) is 18.7. The molecule has 0 aliphatic rings. The van der Waals surface area contributed by atoms with E-state index in [-0.39, 0.29) is 0 Å². The zero-order chi connectivity index (χ0) is 19.2. The number of aromatic nitrogens is 1. The van der Waals surface area contributed by atoms with E-state index in [9.17, 15) is 0 Å². The summed E-state index contributed by atoms with van der Waals surface area (Å²) in [6.45, 7) is 7.69. The van der Waals surface area contributed by atoms with Crippen LogP contribution in [0.2, 0.25) is 0 Å². The van der Waals surface area contributed by atoms with Crippen LogP contribution in [0.1, 0.15) is 27.9 Å². The molecule has 3 aromatic rings. The van der Waals surface area contributed by atoms with Crippen molar-refractivity contribution in [2.24, 2.45) is 4.99 Å². The summed E-state index contributed by atoms with van der Waals surface area (Å²) in [5.74, 6) is 1.36. The van der Waals surface area contributed by atoms with E-state index in [0.717, 1.165) is 23.8 Å². The molecule has 5 heteroatoms. The number of guanidine groups is 1. The molecule has 0 bridgehead atoms. The standard InChI is InChI=1S/C22H26N4O/c1-15-10-16(2)20(17(3)11-15)13-25-22(23-4)24-12-19-14-27-21(26-19)18-8-6-5-7-9-18/h5-11,14H,12-13H2,1-4H3,(H2,23,24,25). The van der Waals surface area contributed by atoms with Gasteiger partial charge in [-0.1, -0.05) is 35.9 Å². The zero-order valence-corrected chi connectivity index (χ0v) is 16.3. The Kier molecular flexibility index (Phi) is 5.91. The summed E-state index contributed by atoms with van der Waals surface area (Å²) >= 11 is 0. The molecular weight excluding hydrogens is 336 g/mol. The highest BCUT2D eigenvalue weighted by Gasteiger charge is 2.08. The Balaban J connectivity index is 1.58. The second-order valence-electron chi connectivity index (χ2n) is 6.67. The quantitative estimate of drug-likeness (QED) is 0.529. The zero-order valence-electron chi connectivity index (χ0n) is 16.3. The van der Waals surface area contributed by atoms with Gasteiger partial charge in [0.1, 0.15) is 6.26 Å². The van der Waals surface area contributed by atoms with Gasteiger partial charge in [-0.25, -0.2) is 4.98 Å². The Hall–Kier alpha value is -3.08. The van der Waals surface area contributed by atoms with Crippen molar-refractivity contribution in [3.8, 4) is 11.5 Å². The molecule has 0 amide bonds. The van der Waals surface area contributed by atoms with Gasteiger partial charge >= 0.3 is 0 Å². The highest BCUT2D eigenvalue weighted by molar-refractivity contribution is 5.79. The van der Waals surface area contributed by atoms with Crippen LogP contribution in [-0.2, 0) is 13.1 Å². The molecule has 0 saturated carbocycles. The molecule has 5 nitrogen and oxygen atoms in total. The van der Waals surface area contributed by atoms with Gasteiger partial charge in [-0.3, -0.25) is 4.99 Å². The smallest absolute Gasteiger partial charge is 0.226 e. The van der Waals surface area contributed by atoms with Crippen molar-refractivity contribution in [3.05, 3.63) is 76.7 Å². The minimum absolute atomic E-state index is 0.544. The molecule has 1 heterocycles. The van der Waals surface area contributed by atoms with Gasteiger partial charge in [0.05, 0.1) is 12.2 Å². The van der Waals surface area contributed by atoms with Crippen LogP contribution in [0.3, 0.4) is 0 Å². The molecule has 3 rings (SSSR count). The minimum Gasteiger partial charge on any atom is -0.444 e. The third kappa shape index (κ3) is 4.76. The number of hydrogen-bond acceptors (Lipinski definition) is 3. The molecule has 0 aliphatic carbocycles.